The predicted molar refractivity (Wildman–Crippen MR) is 138 cm³/mol. The Labute approximate surface area is 240 Å². The van der Waals surface area contributed by atoms with Gasteiger partial charge in [-0.25, -0.2) is 23.9 Å². The van der Waals surface area contributed by atoms with Gasteiger partial charge in [-0.05, 0) is 43.5 Å². The van der Waals surface area contributed by atoms with Crippen LogP contribution >= 0.6 is 7.82 Å². The van der Waals surface area contributed by atoms with Crippen LogP contribution in [0, 0.1) is 5.82 Å². The standard InChI is InChI=1S/C25H28FN4O9P/c1-25(2)24(31)30(13-38-40(32,33)34)23-18(39-25)7-6-15(28-23)11-17-16(26)12-27-21(29-17)10-14-8-19(35-3)22(37-5)20(9-14)36-4/h6-9,12H,10-11,13H2,1-5H3,(H2,32,33,34)/i1D3,2D3,13D2. The maximum Gasteiger partial charge on any atom is 0.471 e. The number of hydrogen-bond donors (Lipinski definition) is 2. The number of aromatic nitrogens is 3. The Morgan fingerprint density at radius 2 is 1.82 bits per heavy atom. The van der Waals surface area contributed by atoms with Crippen LogP contribution in [0.1, 0.15) is 47.4 Å². The number of pyridine rings is 1. The third-order valence-corrected chi connectivity index (χ3v) is 5.75. The van der Waals surface area contributed by atoms with Crippen LogP contribution in [0.3, 0.4) is 0 Å². The molecule has 15 heteroatoms. The van der Waals surface area contributed by atoms with Crippen molar-refractivity contribution in [2.75, 3.05) is 32.9 Å². The molecule has 2 aromatic heterocycles. The minimum Gasteiger partial charge on any atom is -0.493 e. The number of hydrogen-bond acceptors (Lipinski definition) is 10. The highest BCUT2D eigenvalue weighted by atomic mass is 31.2. The molecule has 1 aliphatic heterocycles. The molecule has 1 aromatic carbocycles. The lowest BCUT2D eigenvalue weighted by atomic mass is 10.1. The summed E-state index contributed by atoms with van der Waals surface area (Å²) in [4.78, 5) is 44.4. The van der Waals surface area contributed by atoms with E-state index in [-0.39, 0.29) is 28.5 Å². The summed E-state index contributed by atoms with van der Waals surface area (Å²) >= 11 is 0. The fraction of sp³-hybridized carbons (Fsp3) is 0.360. The first-order chi connectivity index (χ1) is 22.1. The maximum atomic E-state index is 15.0. The van der Waals surface area contributed by atoms with Gasteiger partial charge in [0.25, 0.3) is 5.91 Å². The van der Waals surface area contributed by atoms with E-state index < -0.39 is 63.5 Å². The topological polar surface area (TPSA) is 163 Å². The molecule has 13 nitrogen and oxygen atoms in total. The number of phosphoric acid groups is 1. The number of methoxy groups -OCH3 is 3. The Morgan fingerprint density at radius 1 is 1.12 bits per heavy atom. The van der Waals surface area contributed by atoms with Crippen molar-refractivity contribution in [3.63, 3.8) is 0 Å². The number of halogens is 1. The van der Waals surface area contributed by atoms with Gasteiger partial charge in [0.05, 0.1) is 36.0 Å². The van der Waals surface area contributed by atoms with Crippen LogP contribution in [0.15, 0.2) is 30.5 Å². The minimum atomic E-state index is -5.75. The molecule has 0 atom stereocenters. The molecule has 1 aliphatic rings. The van der Waals surface area contributed by atoms with Crippen molar-refractivity contribution in [1.82, 2.24) is 15.0 Å². The van der Waals surface area contributed by atoms with E-state index in [1.54, 1.807) is 12.1 Å². The normalized spacial score (nSPS) is 18.4. The van der Waals surface area contributed by atoms with E-state index in [1.165, 1.54) is 21.3 Å². The second-order valence-electron chi connectivity index (χ2n) is 8.19. The van der Waals surface area contributed by atoms with E-state index in [0.29, 0.717) is 22.8 Å². The first-order valence-electron chi connectivity index (χ1n) is 15.2. The van der Waals surface area contributed by atoms with Crippen LogP contribution in [0.5, 0.6) is 23.0 Å². The zero-order valence-corrected chi connectivity index (χ0v) is 22.1. The molecule has 0 saturated carbocycles. The van der Waals surface area contributed by atoms with Gasteiger partial charge in [0.2, 0.25) is 5.75 Å². The van der Waals surface area contributed by atoms with E-state index >= 15 is 0 Å². The quantitative estimate of drug-likeness (QED) is 0.335. The largest absolute Gasteiger partial charge is 0.493 e. The number of nitrogens with zero attached hydrogens (tertiary/aromatic N) is 4. The molecule has 0 bridgehead atoms. The van der Waals surface area contributed by atoms with Gasteiger partial charge in [-0.1, -0.05) is 0 Å². The number of benzene rings is 1. The molecule has 1 amide bonds. The highest BCUT2D eigenvalue weighted by Crippen LogP contribution is 2.41. The predicted octanol–water partition coefficient (Wildman–Crippen LogP) is 2.79. The average molecular weight is 587 g/mol. The summed E-state index contributed by atoms with van der Waals surface area (Å²) in [5, 5.41) is 0. The fourth-order valence-electron chi connectivity index (χ4n) is 3.70. The number of ether oxygens (including phenoxy) is 4. The van der Waals surface area contributed by atoms with E-state index in [9.17, 15) is 23.5 Å². The van der Waals surface area contributed by atoms with Crippen molar-refractivity contribution < 1.29 is 58.0 Å². The van der Waals surface area contributed by atoms with Gasteiger partial charge < -0.3 is 28.7 Å². The van der Waals surface area contributed by atoms with Crippen LogP contribution < -0.4 is 23.8 Å². The summed E-state index contributed by atoms with van der Waals surface area (Å²) in [6.45, 7) is -11.4. The molecule has 3 aromatic rings. The third kappa shape index (κ3) is 6.31. The number of phosphoric ester groups is 1. The first-order valence-corrected chi connectivity index (χ1v) is 12.7. The van der Waals surface area contributed by atoms with Gasteiger partial charge in [0.1, 0.15) is 12.5 Å². The number of carbonyl (C=O) groups excluding carboxylic acids is 1. The minimum absolute atomic E-state index is 0.0595. The lowest BCUT2D eigenvalue weighted by Gasteiger charge is -2.37. The molecule has 0 saturated heterocycles. The Morgan fingerprint density at radius 3 is 2.42 bits per heavy atom. The summed E-state index contributed by atoms with van der Waals surface area (Å²) in [6.07, 6.45) is 0.502. The molecule has 0 fully saturated rings. The van der Waals surface area contributed by atoms with E-state index in [0.717, 1.165) is 18.3 Å². The molecule has 2 N–H and O–H groups in total. The van der Waals surface area contributed by atoms with Crippen molar-refractivity contribution in [2.45, 2.75) is 32.1 Å². The van der Waals surface area contributed by atoms with Crippen molar-refractivity contribution in [2.24, 2.45) is 0 Å². The molecule has 0 radical (unpaired) electrons. The second kappa shape index (κ2) is 11.3. The third-order valence-electron chi connectivity index (χ3n) is 5.43. The first kappa shape index (κ1) is 20.1. The summed E-state index contributed by atoms with van der Waals surface area (Å²) in [7, 11) is -1.46. The Hall–Kier alpha value is -3.84. The monoisotopic (exact) mass is 586 g/mol. The highest BCUT2D eigenvalue weighted by Gasteiger charge is 2.42. The Kier molecular flexibility index (Phi) is 5.70. The Bertz CT molecular complexity index is 1740. The van der Waals surface area contributed by atoms with Gasteiger partial charge in [0.15, 0.2) is 34.5 Å². The van der Waals surface area contributed by atoms with Crippen LogP contribution in [-0.2, 0) is 26.7 Å². The van der Waals surface area contributed by atoms with Crippen molar-refractivity contribution in [1.29, 1.82) is 0 Å². The van der Waals surface area contributed by atoms with Crippen LogP contribution in [-0.4, -0.2) is 64.3 Å². The molecular formula is C25H28FN4O9P. The number of fused-ring (bicyclic) bond motifs is 1. The molecule has 40 heavy (non-hydrogen) atoms. The zero-order chi connectivity index (χ0) is 36.0. The number of rotatable bonds is 10. The molecule has 3 heterocycles. The summed E-state index contributed by atoms with van der Waals surface area (Å²) < 4.78 is 115. The van der Waals surface area contributed by atoms with Crippen LogP contribution in [0.2, 0.25) is 0 Å². The van der Waals surface area contributed by atoms with Crippen molar-refractivity contribution in [3.8, 4) is 23.0 Å². The van der Waals surface area contributed by atoms with Gasteiger partial charge in [0, 0.05) is 26.8 Å². The number of anilines is 1. The lowest BCUT2D eigenvalue weighted by molar-refractivity contribution is -0.133. The molecular weight excluding hydrogens is 550 g/mol. The summed E-state index contributed by atoms with van der Waals surface area (Å²) in [6, 6.07) is 5.34. The smallest absolute Gasteiger partial charge is 0.471 e. The van der Waals surface area contributed by atoms with Gasteiger partial charge >= 0.3 is 7.82 Å². The number of amides is 1. The summed E-state index contributed by atoms with van der Waals surface area (Å²) in [5.41, 5.74) is -3.53. The lowest BCUT2D eigenvalue weighted by Crippen LogP contribution is -2.53. The second-order valence-corrected chi connectivity index (χ2v) is 9.35. The van der Waals surface area contributed by atoms with Gasteiger partial charge in [-0.2, -0.15) is 0 Å². The Balaban J connectivity index is 1.79. The molecule has 214 valence electrons. The molecule has 0 unspecified atom stereocenters. The van der Waals surface area contributed by atoms with Crippen LogP contribution in [0.25, 0.3) is 0 Å². The fourth-order valence-corrected chi connectivity index (χ4v) is 3.89. The SMILES string of the molecule is [2H]C([2H])(OP(=O)(O)O)N1C(=O)C(C([2H])([2H])[2H])(C([2H])([2H])[2H])Oc2ccc(Cc3nc(Cc4cc(OC)c(OC)c(OC)c4)ncc3F)nc21. The maximum absolute atomic E-state index is 15.0. The van der Waals surface area contributed by atoms with Gasteiger partial charge in [-0.3, -0.25) is 14.2 Å². The summed E-state index contributed by atoms with van der Waals surface area (Å²) in [5.74, 6) is -3.51. The average Bonchev–Trinajstić information content (AvgIpc) is 2.95. The van der Waals surface area contributed by atoms with E-state index in [1.807, 2.05) is 0 Å². The number of carbonyl (C=O) groups is 1. The highest BCUT2D eigenvalue weighted by molar-refractivity contribution is 7.46. The molecule has 4 rings (SSSR count). The van der Waals surface area contributed by atoms with E-state index in [2.05, 4.69) is 19.5 Å². The van der Waals surface area contributed by atoms with E-state index in [4.69, 9.17) is 29.9 Å². The zero-order valence-electron chi connectivity index (χ0n) is 29.2. The molecule has 0 spiro atoms. The van der Waals surface area contributed by atoms with Crippen molar-refractivity contribution >= 4 is 19.5 Å². The van der Waals surface area contributed by atoms with Crippen LogP contribution in [0.4, 0.5) is 10.2 Å². The van der Waals surface area contributed by atoms with Gasteiger partial charge in [-0.15, -0.1) is 0 Å². The molecule has 0 aliphatic carbocycles. The van der Waals surface area contributed by atoms with Crippen molar-refractivity contribution in [3.05, 3.63) is 59.1 Å².